The van der Waals surface area contributed by atoms with Crippen LogP contribution in [0.3, 0.4) is 0 Å². The smallest absolute Gasteiger partial charge is 0.322 e. The normalized spacial score (nSPS) is 12.1. The minimum absolute atomic E-state index is 0.112. The van der Waals surface area contributed by atoms with Crippen LogP contribution in [0.2, 0.25) is 0 Å². The van der Waals surface area contributed by atoms with Gasteiger partial charge < -0.3 is 13.9 Å². The molecule has 2 aromatic carbocycles. The summed E-state index contributed by atoms with van der Waals surface area (Å²) >= 11 is 1.71. The van der Waals surface area contributed by atoms with Crippen molar-refractivity contribution in [2.75, 3.05) is 17.9 Å². The predicted octanol–water partition coefficient (Wildman–Crippen LogP) is 3.31. The first-order chi connectivity index (χ1) is 13.3. The Morgan fingerprint density at radius 2 is 1.93 bits per heavy atom. The second kappa shape index (κ2) is 8.13. The fourth-order valence-electron chi connectivity index (χ4n) is 2.58. The van der Waals surface area contributed by atoms with Crippen LogP contribution >= 0.6 is 11.8 Å². The number of nitrogens with one attached hydrogen (secondary N) is 1. The molecule has 4 rings (SSSR count). The van der Waals surface area contributed by atoms with E-state index in [4.69, 9.17) is 13.9 Å². The highest BCUT2D eigenvalue weighted by molar-refractivity contribution is 7.99. The maximum Gasteiger partial charge on any atom is 0.322 e. The first kappa shape index (κ1) is 17.4. The summed E-state index contributed by atoms with van der Waals surface area (Å²) in [6.07, 6.45) is 0.808. The largest absolute Gasteiger partial charge is 0.454 e. The number of nitrogens with zero attached hydrogens (tertiary/aromatic N) is 2. The minimum Gasteiger partial charge on any atom is -0.454 e. The lowest BCUT2D eigenvalue weighted by molar-refractivity contribution is -0.115. The Morgan fingerprint density at radius 3 is 2.81 bits per heavy atom. The van der Waals surface area contributed by atoms with Crippen LogP contribution in [0.15, 0.2) is 57.8 Å². The van der Waals surface area contributed by atoms with Crippen LogP contribution in [-0.4, -0.2) is 28.7 Å². The molecular weight excluding hydrogens is 366 g/mol. The number of carbonyl (C=O) groups excluding carboxylic acids is 1. The van der Waals surface area contributed by atoms with E-state index in [1.54, 1.807) is 23.9 Å². The van der Waals surface area contributed by atoms with Crippen LogP contribution in [0, 0.1) is 0 Å². The molecule has 2 heterocycles. The number of anilines is 1. The lowest BCUT2D eigenvalue weighted by atomic mass is 10.1. The third-order valence-electron chi connectivity index (χ3n) is 3.84. The summed E-state index contributed by atoms with van der Waals surface area (Å²) < 4.78 is 16.1. The van der Waals surface area contributed by atoms with E-state index in [1.165, 1.54) is 4.90 Å². The van der Waals surface area contributed by atoms with Crippen molar-refractivity contribution in [2.24, 2.45) is 0 Å². The third-order valence-corrected chi connectivity index (χ3v) is 4.86. The van der Waals surface area contributed by atoms with Gasteiger partial charge in [0.05, 0.1) is 6.42 Å². The molecule has 1 aliphatic rings. The Balaban J connectivity index is 1.26. The number of aryl methyl sites for hydroxylation is 1. The van der Waals surface area contributed by atoms with Crippen molar-refractivity contribution in [2.45, 2.75) is 17.7 Å². The average molecular weight is 383 g/mol. The molecule has 0 saturated heterocycles. The van der Waals surface area contributed by atoms with Crippen LogP contribution in [0.5, 0.6) is 11.5 Å². The number of carbonyl (C=O) groups is 1. The van der Waals surface area contributed by atoms with Crippen LogP contribution in [0.4, 0.5) is 6.01 Å². The quantitative estimate of drug-likeness (QED) is 0.626. The highest BCUT2D eigenvalue weighted by Gasteiger charge is 2.15. The van der Waals surface area contributed by atoms with Crippen LogP contribution in [0.25, 0.3) is 0 Å². The number of ether oxygens (including phenoxy) is 2. The van der Waals surface area contributed by atoms with Gasteiger partial charge in [-0.05, 0) is 29.8 Å². The summed E-state index contributed by atoms with van der Waals surface area (Å²) in [5.41, 5.74) is 0.816. The fourth-order valence-corrected chi connectivity index (χ4v) is 3.44. The summed E-state index contributed by atoms with van der Waals surface area (Å²) in [6, 6.07) is 15.6. The maximum atomic E-state index is 12.2. The van der Waals surface area contributed by atoms with Gasteiger partial charge in [0.1, 0.15) is 0 Å². The highest BCUT2D eigenvalue weighted by atomic mass is 32.2. The van der Waals surface area contributed by atoms with E-state index in [1.807, 2.05) is 24.3 Å². The van der Waals surface area contributed by atoms with Crippen molar-refractivity contribution in [1.29, 1.82) is 0 Å². The molecule has 1 amide bonds. The number of fused-ring (bicyclic) bond motifs is 1. The number of amides is 1. The molecule has 138 valence electrons. The standard InChI is InChI=1S/C19H17N3O4S/c23-17(11-13-6-7-15-16(10-13)25-12-24-15)20-19-22-21-18(26-19)8-9-27-14-4-2-1-3-5-14/h1-7,10H,8-9,11-12H2,(H,20,22,23). The van der Waals surface area contributed by atoms with Gasteiger partial charge in [-0.15, -0.1) is 16.9 Å². The van der Waals surface area contributed by atoms with E-state index >= 15 is 0 Å². The maximum absolute atomic E-state index is 12.2. The van der Waals surface area contributed by atoms with Gasteiger partial charge in [-0.3, -0.25) is 10.1 Å². The molecule has 1 aliphatic heterocycles. The topological polar surface area (TPSA) is 86.5 Å². The molecule has 0 atom stereocenters. The minimum atomic E-state index is -0.234. The van der Waals surface area contributed by atoms with E-state index in [9.17, 15) is 4.79 Å². The Hall–Kier alpha value is -3.00. The molecule has 0 spiro atoms. The number of benzene rings is 2. The number of hydrogen-bond acceptors (Lipinski definition) is 7. The zero-order valence-electron chi connectivity index (χ0n) is 14.4. The Morgan fingerprint density at radius 1 is 1.07 bits per heavy atom. The Labute approximate surface area is 160 Å². The monoisotopic (exact) mass is 383 g/mol. The van der Waals surface area contributed by atoms with E-state index < -0.39 is 0 Å². The summed E-state index contributed by atoms with van der Waals surface area (Å²) in [4.78, 5) is 13.4. The molecule has 0 bridgehead atoms. The zero-order valence-corrected chi connectivity index (χ0v) is 15.2. The van der Waals surface area contributed by atoms with Crippen molar-refractivity contribution < 1.29 is 18.7 Å². The van der Waals surface area contributed by atoms with Crippen LogP contribution in [0.1, 0.15) is 11.5 Å². The van der Waals surface area contributed by atoms with Crippen molar-refractivity contribution >= 4 is 23.7 Å². The van der Waals surface area contributed by atoms with Gasteiger partial charge in [0, 0.05) is 17.1 Å². The molecule has 0 aliphatic carbocycles. The second-order valence-electron chi connectivity index (χ2n) is 5.83. The van der Waals surface area contributed by atoms with E-state index in [2.05, 4.69) is 27.6 Å². The fraction of sp³-hybridized carbons (Fsp3) is 0.211. The average Bonchev–Trinajstić information content (AvgIpc) is 3.31. The molecule has 7 nitrogen and oxygen atoms in total. The predicted molar refractivity (Wildman–Crippen MR) is 100 cm³/mol. The highest BCUT2D eigenvalue weighted by Crippen LogP contribution is 2.32. The second-order valence-corrected chi connectivity index (χ2v) is 6.99. The lowest BCUT2D eigenvalue weighted by Crippen LogP contribution is -2.14. The summed E-state index contributed by atoms with van der Waals surface area (Å²) in [7, 11) is 0. The summed E-state index contributed by atoms with van der Waals surface area (Å²) in [6.45, 7) is 0.207. The van der Waals surface area contributed by atoms with Gasteiger partial charge in [0.25, 0.3) is 0 Å². The zero-order chi connectivity index (χ0) is 18.5. The molecule has 0 saturated carbocycles. The van der Waals surface area contributed by atoms with Gasteiger partial charge in [0.2, 0.25) is 18.6 Å². The van der Waals surface area contributed by atoms with Crippen molar-refractivity contribution in [3.8, 4) is 11.5 Å². The molecule has 1 aromatic heterocycles. The molecule has 8 heteroatoms. The Bertz CT molecular complexity index is 930. The van der Waals surface area contributed by atoms with E-state index in [0.717, 1.165) is 11.3 Å². The number of rotatable bonds is 7. The first-order valence-electron chi connectivity index (χ1n) is 8.45. The van der Waals surface area contributed by atoms with Gasteiger partial charge in [-0.2, -0.15) is 0 Å². The molecule has 0 fully saturated rings. The molecule has 27 heavy (non-hydrogen) atoms. The SMILES string of the molecule is O=C(Cc1ccc2c(c1)OCO2)Nc1nnc(CCSc2ccccc2)o1. The van der Waals surface area contributed by atoms with Crippen molar-refractivity contribution in [3.05, 3.63) is 60.0 Å². The molecule has 1 N–H and O–H groups in total. The third kappa shape index (κ3) is 4.59. The molecule has 0 unspecified atom stereocenters. The molecule has 0 radical (unpaired) electrons. The van der Waals surface area contributed by atoms with Crippen LogP contribution < -0.4 is 14.8 Å². The Kier molecular flexibility index (Phi) is 5.24. The summed E-state index contributed by atoms with van der Waals surface area (Å²) in [5.74, 6) is 2.42. The van der Waals surface area contributed by atoms with Gasteiger partial charge in [0.15, 0.2) is 11.5 Å². The molecular formula is C19H17N3O4S. The molecule has 3 aromatic rings. The van der Waals surface area contributed by atoms with Crippen molar-refractivity contribution in [1.82, 2.24) is 10.2 Å². The number of hydrogen-bond donors (Lipinski definition) is 1. The van der Waals surface area contributed by atoms with Crippen LogP contribution in [-0.2, 0) is 17.6 Å². The number of thioether (sulfide) groups is 1. The first-order valence-corrected chi connectivity index (χ1v) is 9.43. The van der Waals surface area contributed by atoms with Gasteiger partial charge >= 0.3 is 6.01 Å². The lowest BCUT2D eigenvalue weighted by Gasteiger charge is -2.02. The van der Waals surface area contributed by atoms with Gasteiger partial charge in [-0.1, -0.05) is 29.4 Å². The van der Waals surface area contributed by atoms with Crippen molar-refractivity contribution in [3.63, 3.8) is 0 Å². The van der Waals surface area contributed by atoms with Gasteiger partial charge in [-0.25, -0.2) is 0 Å². The van der Waals surface area contributed by atoms with E-state index in [-0.39, 0.29) is 25.1 Å². The number of aromatic nitrogens is 2. The van der Waals surface area contributed by atoms with E-state index in [0.29, 0.717) is 23.8 Å². The summed E-state index contributed by atoms with van der Waals surface area (Å²) in [5, 5.41) is 10.5.